The lowest BCUT2D eigenvalue weighted by Gasteiger charge is -2.23. The number of hydrogen-bond donors (Lipinski definition) is 0. The van der Waals surface area contributed by atoms with E-state index in [2.05, 4.69) is 6.92 Å². The van der Waals surface area contributed by atoms with Crippen molar-refractivity contribution in [3.05, 3.63) is 12.2 Å². The molecule has 5 nitrogen and oxygen atoms in total. The molecule has 2 bridgehead atoms. The van der Waals surface area contributed by atoms with E-state index in [1.54, 1.807) is 0 Å². The fraction of sp³-hybridized carbons (Fsp3) is 0.765. The lowest BCUT2D eigenvalue weighted by molar-refractivity contribution is -0.154. The summed E-state index contributed by atoms with van der Waals surface area (Å²) in [5.74, 6) is -0.845. The van der Waals surface area contributed by atoms with Crippen molar-refractivity contribution in [1.29, 1.82) is 0 Å². The first kappa shape index (κ1) is 15.5. The molecule has 4 atom stereocenters. The van der Waals surface area contributed by atoms with Crippen LogP contribution < -0.4 is 0 Å². The van der Waals surface area contributed by atoms with E-state index in [1.165, 1.54) is 0 Å². The van der Waals surface area contributed by atoms with Gasteiger partial charge in [0.05, 0.1) is 25.2 Å². The first-order valence-corrected chi connectivity index (χ1v) is 8.31. The number of carbonyl (C=O) groups excluding carboxylic acids is 2. The molecular formula is C17H25NO4. The summed E-state index contributed by atoms with van der Waals surface area (Å²) in [7, 11) is 0. The maximum Gasteiger partial charge on any atom is 0.312 e. The van der Waals surface area contributed by atoms with Gasteiger partial charge in [-0.15, -0.1) is 0 Å². The third-order valence-electron chi connectivity index (χ3n) is 4.79. The van der Waals surface area contributed by atoms with Gasteiger partial charge in [-0.1, -0.05) is 39.3 Å². The molecule has 22 heavy (non-hydrogen) atoms. The quantitative estimate of drug-likeness (QED) is 0.554. The minimum Gasteiger partial charge on any atom is -0.465 e. The topological polar surface area (TPSA) is 55.8 Å². The lowest BCUT2D eigenvalue weighted by Crippen LogP contribution is -2.40. The molecule has 0 aliphatic carbocycles. The van der Waals surface area contributed by atoms with E-state index in [9.17, 15) is 9.59 Å². The van der Waals surface area contributed by atoms with Gasteiger partial charge in [0.2, 0.25) is 5.91 Å². The highest BCUT2D eigenvalue weighted by Crippen LogP contribution is 2.52. The number of esters is 1. The monoisotopic (exact) mass is 307 g/mol. The van der Waals surface area contributed by atoms with E-state index < -0.39 is 17.4 Å². The highest BCUT2D eigenvalue weighted by atomic mass is 16.6. The molecule has 0 N–H and O–H groups in total. The van der Waals surface area contributed by atoms with Crippen LogP contribution in [0.1, 0.15) is 33.6 Å². The summed E-state index contributed by atoms with van der Waals surface area (Å²) in [6.45, 7) is 7.80. The van der Waals surface area contributed by atoms with Crippen molar-refractivity contribution < 1.29 is 19.1 Å². The second-order valence-corrected chi connectivity index (χ2v) is 7.04. The van der Waals surface area contributed by atoms with Gasteiger partial charge in [0.1, 0.15) is 11.5 Å². The number of fused-ring (bicyclic) bond motifs is 1. The molecule has 3 aliphatic heterocycles. The molecule has 3 rings (SSSR count). The van der Waals surface area contributed by atoms with E-state index >= 15 is 0 Å². The maximum absolute atomic E-state index is 12.7. The average molecular weight is 307 g/mol. The van der Waals surface area contributed by atoms with Crippen LogP contribution in [0.4, 0.5) is 0 Å². The minimum absolute atomic E-state index is 0.0480. The third-order valence-corrected chi connectivity index (χ3v) is 4.79. The van der Waals surface area contributed by atoms with Gasteiger partial charge in [-0.25, -0.2) is 0 Å². The number of carbonyl (C=O) groups is 2. The number of unbranched alkanes of at least 4 members (excludes halogenated alkanes) is 1. The molecule has 0 radical (unpaired) electrons. The number of amides is 1. The molecule has 2 fully saturated rings. The molecule has 0 saturated carbocycles. The van der Waals surface area contributed by atoms with Gasteiger partial charge in [-0.3, -0.25) is 9.59 Å². The summed E-state index contributed by atoms with van der Waals surface area (Å²) in [6, 6.07) is 0. The van der Waals surface area contributed by atoms with E-state index in [4.69, 9.17) is 9.47 Å². The zero-order chi connectivity index (χ0) is 15.9. The summed E-state index contributed by atoms with van der Waals surface area (Å²) >= 11 is 0. The summed E-state index contributed by atoms with van der Waals surface area (Å²) in [5.41, 5.74) is -0.600. The third kappa shape index (κ3) is 2.35. The van der Waals surface area contributed by atoms with Gasteiger partial charge in [-0.05, 0) is 12.3 Å². The molecule has 0 unspecified atom stereocenters. The number of ether oxygens (including phenoxy) is 2. The molecule has 0 aromatic carbocycles. The first-order valence-electron chi connectivity index (χ1n) is 8.31. The highest BCUT2D eigenvalue weighted by molar-refractivity contribution is 5.91. The Morgan fingerprint density at radius 3 is 3.00 bits per heavy atom. The molecule has 122 valence electrons. The Kier molecular flexibility index (Phi) is 4.02. The van der Waals surface area contributed by atoms with E-state index in [0.717, 1.165) is 19.4 Å². The molecule has 0 aromatic heterocycles. The van der Waals surface area contributed by atoms with Crippen molar-refractivity contribution in [2.75, 3.05) is 19.7 Å². The molecular weight excluding hydrogens is 282 g/mol. The predicted octanol–water partition coefficient (Wildman–Crippen LogP) is 1.77. The first-order chi connectivity index (χ1) is 10.5. The second kappa shape index (κ2) is 5.69. The molecule has 1 amide bonds. The van der Waals surface area contributed by atoms with Crippen LogP contribution in [0, 0.1) is 17.8 Å². The van der Waals surface area contributed by atoms with Crippen molar-refractivity contribution >= 4 is 11.9 Å². The standard InChI is InChI=1S/C17H25NO4/c1-4-5-8-18-10-17-7-6-12(22-17)13(14(17)15(18)19)16(20)21-9-11(2)3/h6-7,11-14H,4-5,8-10H2,1-3H3/t12-,13+,14-,17-/m1/s1. The average Bonchev–Trinajstić information content (AvgIpc) is 3.11. The summed E-state index contributed by atoms with van der Waals surface area (Å²) in [6.07, 6.45) is 5.62. The van der Waals surface area contributed by atoms with Crippen LogP contribution in [0.5, 0.6) is 0 Å². The van der Waals surface area contributed by atoms with Crippen LogP contribution >= 0.6 is 0 Å². The van der Waals surface area contributed by atoms with Gasteiger partial charge in [0.15, 0.2) is 0 Å². The van der Waals surface area contributed by atoms with Crippen molar-refractivity contribution in [2.45, 2.75) is 45.3 Å². The van der Waals surface area contributed by atoms with Gasteiger partial charge in [0.25, 0.3) is 0 Å². The largest absolute Gasteiger partial charge is 0.465 e. The predicted molar refractivity (Wildman–Crippen MR) is 81.0 cm³/mol. The summed E-state index contributed by atoms with van der Waals surface area (Å²) in [4.78, 5) is 27.0. The Hall–Kier alpha value is -1.36. The Labute approximate surface area is 131 Å². The molecule has 2 saturated heterocycles. The minimum atomic E-state index is -0.600. The molecule has 1 spiro atoms. The van der Waals surface area contributed by atoms with E-state index in [0.29, 0.717) is 13.2 Å². The zero-order valence-corrected chi connectivity index (χ0v) is 13.6. The fourth-order valence-corrected chi connectivity index (χ4v) is 3.73. The number of rotatable bonds is 6. The second-order valence-electron chi connectivity index (χ2n) is 7.04. The van der Waals surface area contributed by atoms with E-state index in [-0.39, 0.29) is 23.9 Å². The maximum atomic E-state index is 12.7. The van der Waals surface area contributed by atoms with Crippen LogP contribution in [0.2, 0.25) is 0 Å². The number of nitrogens with zero attached hydrogens (tertiary/aromatic N) is 1. The Bertz CT molecular complexity index is 501. The molecule has 5 heteroatoms. The fourth-order valence-electron chi connectivity index (χ4n) is 3.73. The Morgan fingerprint density at radius 1 is 1.55 bits per heavy atom. The zero-order valence-electron chi connectivity index (χ0n) is 13.6. The molecule has 3 aliphatic rings. The molecule has 0 aromatic rings. The number of likely N-dealkylation sites (tertiary alicyclic amines) is 1. The van der Waals surface area contributed by atoms with Crippen LogP contribution in [0.3, 0.4) is 0 Å². The van der Waals surface area contributed by atoms with Crippen LogP contribution in [-0.4, -0.2) is 48.2 Å². The Balaban J connectivity index is 1.76. The van der Waals surface area contributed by atoms with Gasteiger partial charge < -0.3 is 14.4 Å². The van der Waals surface area contributed by atoms with Gasteiger partial charge >= 0.3 is 5.97 Å². The Morgan fingerprint density at radius 2 is 2.32 bits per heavy atom. The van der Waals surface area contributed by atoms with Crippen LogP contribution in [0.25, 0.3) is 0 Å². The van der Waals surface area contributed by atoms with Gasteiger partial charge in [0, 0.05) is 6.54 Å². The van der Waals surface area contributed by atoms with Gasteiger partial charge in [-0.2, -0.15) is 0 Å². The van der Waals surface area contributed by atoms with Crippen molar-refractivity contribution in [1.82, 2.24) is 4.90 Å². The van der Waals surface area contributed by atoms with Crippen molar-refractivity contribution in [3.63, 3.8) is 0 Å². The van der Waals surface area contributed by atoms with Crippen molar-refractivity contribution in [3.8, 4) is 0 Å². The SMILES string of the molecule is CCCCN1C[C@@]23C=C[C@@H](O2)[C@H](C(=O)OCC(C)C)[C@@H]3C1=O. The smallest absolute Gasteiger partial charge is 0.312 e. The van der Waals surface area contributed by atoms with E-state index in [1.807, 2.05) is 30.9 Å². The summed E-state index contributed by atoms with van der Waals surface area (Å²) in [5, 5.41) is 0. The highest BCUT2D eigenvalue weighted by Gasteiger charge is 2.67. The summed E-state index contributed by atoms with van der Waals surface area (Å²) < 4.78 is 11.4. The molecule has 3 heterocycles. The van der Waals surface area contributed by atoms with Crippen molar-refractivity contribution in [2.24, 2.45) is 17.8 Å². The lowest BCUT2D eigenvalue weighted by atomic mass is 9.77. The number of hydrogen-bond acceptors (Lipinski definition) is 4. The van der Waals surface area contributed by atoms with Crippen LogP contribution in [0.15, 0.2) is 12.2 Å². The van der Waals surface area contributed by atoms with Crippen LogP contribution in [-0.2, 0) is 19.1 Å². The normalized spacial score (nSPS) is 35.5.